The minimum atomic E-state index is -4.17. The summed E-state index contributed by atoms with van der Waals surface area (Å²) in [6, 6.07) is 1.47. The number of alkyl carbamates (subject to hydrolysis) is 1. The highest BCUT2D eigenvalue weighted by atomic mass is 32.2. The molecule has 4 aliphatic heterocycles. The minimum absolute atomic E-state index is 0.130. The number of fused-ring (bicyclic) bond motifs is 2. The Morgan fingerprint density at radius 1 is 1.04 bits per heavy atom. The molecule has 0 aromatic heterocycles. The average Bonchev–Trinajstić information content (AvgIpc) is 3.33. The number of sulfone groups is 1. The maximum atomic E-state index is 13.4. The van der Waals surface area contributed by atoms with E-state index in [0.29, 0.717) is 5.56 Å². The van der Waals surface area contributed by atoms with Gasteiger partial charge in [0.1, 0.15) is 40.8 Å². The number of nitro benzene ring substituents is 1. The Labute approximate surface area is 277 Å². The SMILES string of the molecule is CC(=O)OC[C@@]1(C)[C@H](C(=O)OC(C)OC(=O)[C@@H]2N3C(=O)[C@@H](NC(=O)OCc4ccc([N+](=O)[O-])cc4)[C@H]3SC2(C)C)N2C(=O)C[C@H]2S1(=O)=O. The summed E-state index contributed by atoms with van der Waals surface area (Å²) in [6.45, 7) is 5.85. The van der Waals surface area contributed by atoms with Crippen LogP contribution in [0, 0.1) is 10.1 Å². The second kappa shape index (κ2) is 12.2. The third-order valence-electron chi connectivity index (χ3n) is 8.62. The van der Waals surface area contributed by atoms with Crippen molar-refractivity contribution in [1.82, 2.24) is 15.1 Å². The minimum Gasteiger partial charge on any atom is -0.464 e. The molecule has 1 aromatic carbocycles. The number of β-lactam (4-membered cyclic amide) rings is 2. The zero-order chi connectivity index (χ0) is 35.5. The van der Waals surface area contributed by atoms with E-state index in [4.69, 9.17) is 18.9 Å². The Balaban J connectivity index is 1.19. The van der Waals surface area contributed by atoms with Crippen LogP contribution in [-0.2, 0) is 59.4 Å². The van der Waals surface area contributed by atoms with Crippen molar-refractivity contribution >= 4 is 63.1 Å². The van der Waals surface area contributed by atoms with Crippen LogP contribution in [0.15, 0.2) is 24.3 Å². The zero-order valence-corrected chi connectivity index (χ0v) is 27.9. The first-order chi connectivity index (χ1) is 22.3. The molecule has 18 nitrogen and oxygen atoms in total. The summed E-state index contributed by atoms with van der Waals surface area (Å²) >= 11 is 1.21. The molecule has 0 bridgehead atoms. The molecule has 5 rings (SSSR count). The lowest BCUT2D eigenvalue weighted by Crippen LogP contribution is -2.70. The molecule has 0 saturated carbocycles. The second-order valence-corrected chi connectivity index (χ2v) is 16.7. The van der Waals surface area contributed by atoms with Crippen LogP contribution < -0.4 is 5.32 Å². The molecule has 20 heteroatoms. The standard InChI is InChI=1S/C28H32N4O14S2/c1-13(33)44-12-28(5)21(30-17(34)10-18(30)48(28,41)42)25(37)46-14(2)45-24(36)20-27(3,4)47-23-19(22(35)31(20)23)29-26(38)43-11-15-6-8-16(9-7-15)32(39)40/h6-9,14,18-21,23H,10-12H2,1-5H3,(H,29,38)/t14?,18-,19-,20+,21+,23-,28+/m1/s1. The number of hydrogen-bond acceptors (Lipinski definition) is 15. The molecule has 1 unspecified atom stereocenters. The van der Waals surface area contributed by atoms with Gasteiger partial charge in [0, 0.05) is 30.7 Å². The maximum Gasteiger partial charge on any atom is 0.408 e. The van der Waals surface area contributed by atoms with Gasteiger partial charge in [-0.15, -0.1) is 11.8 Å². The smallest absolute Gasteiger partial charge is 0.408 e. The van der Waals surface area contributed by atoms with Gasteiger partial charge in [0.05, 0.1) is 11.3 Å². The second-order valence-electron chi connectivity index (χ2n) is 12.3. The summed E-state index contributed by atoms with van der Waals surface area (Å²) in [5.74, 6) is -4.15. The number of nitrogens with zero attached hydrogens (tertiary/aromatic N) is 3. The van der Waals surface area contributed by atoms with Crippen LogP contribution in [0.4, 0.5) is 10.5 Å². The highest BCUT2D eigenvalue weighted by molar-refractivity contribution is 8.01. The van der Waals surface area contributed by atoms with Crippen molar-refractivity contribution in [2.24, 2.45) is 0 Å². The molecule has 1 aromatic rings. The van der Waals surface area contributed by atoms with Crippen LogP contribution >= 0.6 is 11.8 Å². The van der Waals surface area contributed by atoms with E-state index in [9.17, 15) is 47.3 Å². The summed E-state index contributed by atoms with van der Waals surface area (Å²) in [4.78, 5) is 88.4. The molecule has 4 aliphatic rings. The van der Waals surface area contributed by atoms with Gasteiger partial charge in [-0.2, -0.15) is 0 Å². The van der Waals surface area contributed by atoms with E-state index in [-0.39, 0.29) is 18.7 Å². The summed E-state index contributed by atoms with van der Waals surface area (Å²) < 4.78 is 44.2. The molecular weight excluding hydrogens is 680 g/mol. The van der Waals surface area contributed by atoms with Crippen molar-refractivity contribution < 1.29 is 61.1 Å². The quantitative estimate of drug-likeness (QED) is 0.0861. The molecule has 0 radical (unpaired) electrons. The van der Waals surface area contributed by atoms with E-state index in [0.717, 1.165) is 11.8 Å². The number of nitro groups is 1. The lowest BCUT2D eigenvalue weighted by Gasteiger charge is -2.43. The predicted octanol–water partition coefficient (Wildman–Crippen LogP) is 0.362. The Morgan fingerprint density at radius 2 is 1.65 bits per heavy atom. The van der Waals surface area contributed by atoms with Crippen LogP contribution in [0.2, 0.25) is 0 Å². The van der Waals surface area contributed by atoms with Gasteiger partial charge in [0.2, 0.25) is 18.1 Å². The summed E-state index contributed by atoms with van der Waals surface area (Å²) in [5, 5.41) is 11.3. The first-order valence-corrected chi connectivity index (χ1v) is 17.0. The van der Waals surface area contributed by atoms with E-state index in [1.165, 1.54) is 54.8 Å². The number of ether oxygens (including phenoxy) is 4. The molecule has 7 atom stereocenters. The van der Waals surface area contributed by atoms with Gasteiger partial charge in [0.15, 0.2) is 15.9 Å². The molecule has 0 spiro atoms. The normalized spacial score (nSPS) is 29.7. The first-order valence-electron chi connectivity index (χ1n) is 14.6. The lowest BCUT2D eigenvalue weighted by molar-refractivity contribution is -0.384. The third kappa shape index (κ3) is 5.80. The van der Waals surface area contributed by atoms with Crippen LogP contribution in [-0.4, -0.2) is 110 Å². The monoisotopic (exact) mass is 712 g/mol. The molecular formula is C28H32N4O14S2. The van der Waals surface area contributed by atoms with Gasteiger partial charge in [-0.1, -0.05) is 0 Å². The average molecular weight is 713 g/mol. The molecule has 1 N–H and O–H groups in total. The fraction of sp³-hybridized carbons (Fsp3) is 0.571. The van der Waals surface area contributed by atoms with E-state index in [1.54, 1.807) is 13.8 Å². The number of carbonyl (C=O) groups excluding carboxylic acids is 6. The van der Waals surface area contributed by atoms with Crippen molar-refractivity contribution in [3.05, 3.63) is 39.9 Å². The van der Waals surface area contributed by atoms with Crippen LogP contribution in [0.3, 0.4) is 0 Å². The highest BCUT2D eigenvalue weighted by Gasteiger charge is 2.71. The summed E-state index contributed by atoms with van der Waals surface area (Å²) in [6.07, 6.45) is -2.85. The lowest BCUT2D eigenvalue weighted by atomic mass is 9.96. The number of hydrogen-bond donors (Lipinski definition) is 1. The van der Waals surface area contributed by atoms with Gasteiger partial charge < -0.3 is 34.1 Å². The first kappa shape index (κ1) is 34.9. The number of benzene rings is 1. The predicted molar refractivity (Wildman–Crippen MR) is 161 cm³/mol. The van der Waals surface area contributed by atoms with Gasteiger partial charge in [-0.05, 0) is 38.5 Å². The van der Waals surface area contributed by atoms with Crippen molar-refractivity contribution in [2.75, 3.05) is 6.61 Å². The summed E-state index contributed by atoms with van der Waals surface area (Å²) in [5.41, 5.74) is 0.348. The Bertz CT molecular complexity index is 1700. The van der Waals surface area contributed by atoms with Gasteiger partial charge in [0.25, 0.3) is 5.69 Å². The van der Waals surface area contributed by atoms with Crippen molar-refractivity contribution in [1.29, 1.82) is 0 Å². The van der Waals surface area contributed by atoms with Crippen molar-refractivity contribution in [3.63, 3.8) is 0 Å². The number of carbonyl (C=O) groups is 6. The number of nitrogens with one attached hydrogen (secondary N) is 1. The van der Waals surface area contributed by atoms with Gasteiger partial charge in [-0.25, -0.2) is 22.8 Å². The fourth-order valence-corrected chi connectivity index (χ4v) is 10.0. The molecule has 3 amide bonds. The topological polar surface area (TPSA) is 235 Å². The Hall–Kier alpha value is -4.46. The van der Waals surface area contributed by atoms with E-state index >= 15 is 0 Å². The highest BCUT2D eigenvalue weighted by Crippen LogP contribution is 2.51. The molecule has 4 saturated heterocycles. The summed E-state index contributed by atoms with van der Waals surface area (Å²) in [7, 11) is -4.17. The maximum absolute atomic E-state index is 13.4. The van der Waals surface area contributed by atoms with E-state index < -0.39 is 102 Å². The zero-order valence-electron chi connectivity index (χ0n) is 26.3. The molecule has 48 heavy (non-hydrogen) atoms. The van der Waals surface area contributed by atoms with Crippen LogP contribution in [0.1, 0.15) is 46.6 Å². The molecule has 4 heterocycles. The third-order valence-corrected chi connectivity index (χ3v) is 12.9. The Morgan fingerprint density at radius 3 is 2.21 bits per heavy atom. The van der Waals surface area contributed by atoms with Gasteiger partial charge >= 0.3 is 24.0 Å². The number of non-ortho nitro benzene ring substituents is 1. The Kier molecular flexibility index (Phi) is 8.87. The molecule has 0 aliphatic carbocycles. The number of amides is 3. The van der Waals surface area contributed by atoms with Crippen LogP contribution in [0.5, 0.6) is 0 Å². The molecule has 260 valence electrons. The number of esters is 3. The fourth-order valence-electron chi connectivity index (χ4n) is 6.14. The van der Waals surface area contributed by atoms with Crippen LogP contribution in [0.25, 0.3) is 0 Å². The van der Waals surface area contributed by atoms with E-state index in [2.05, 4.69) is 5.32 Å². The van der Waals surface area contributed by atoms with Crippen molar-refractivity contribution in [2.45, 2.75) is 92.3 Å². The molecule has 4 fully saturated rings. The number of rotatable bonds is 10. The largest absolute Gasteiger partial charge is 0.464 e. The van der Waals surface area contributed by atoms with Crippen molar-refractivity contribution in [3.8, 4) is 0 Å². The number of thioether (sulfide) groups is 1. The van der Waals surface area contributed by atoms with Gasteiger partial charge in [-0.3, -0.25) is 24.5 Å². The van der Waals surface area contributed by atoms with E-state index in [1.807, 2.05) is 0 Å².